The average molecular weight is 277 g/mol. The fourth-order valence-corrected chi connectivity index (χ4v) is 1.78. The van der Waals surface area contributed by atoms with Gasteiger partial charge in [-0.2, -0.15) is 0 Å². The van der Waals surface area contributed by atoms with E-state index in [4.69, 9.17) is 9.47 Å². The van der Waals surface area contributed by atoms with Crippen LogP contribution in [0, 0.1) is 0 Å². The molecule has 1 unspecified atom stereocenters. The smallest absolute Gasteiger partial charge is 0.327 e. The molecule has 0 radical (unpaired) electrons. The largest absolute Gasteiger partial charge is 0.491 e. The summed E-state index contributed by atoms with van der Waals surface area (Å²) in [5.41, 5.74) is 0.849. The highest BCUT2D eigenvalue weighted by atomic mass is 16.5. The van der Waals surface area contributed by atoms with E-state index in [1.807, 2.05) is 38.1 Å². The Hall–Kier alpha value is -1.81. The van der Waals surface area contributed by atoms with E-state index in [-0.39, 0.29) is 12.1 Å². The van der Waals surface area contributed by atoms with E-state index < -0.39 is 6.04 Å². The average Bonchev–Trinajstić information content (AvgIpc) is 2.40. The summed E-state index contributed by atoms with van der Waals surface area (Å²) >= 11 is 0. The van der Waals surface area contributed by atoms with Crippen molar-refractivity contribution in [3.8, 4) is 5.75 Å². The van der Waals surface area contributed by atoms with E-state index in [1.165, 1.54) is 0 Å². The van der Waals surface area contributed by atoms with Crippen molar-refractivity contribution >= 4 is 5.97 Å². The molecule has 1 aromatic rings. The van der Waals surface area contributed by atoms with Gasteiger partial charge in [-0.1, -0.05) is 18.2 Å². The van der Waals surface area contributed by atoms with Crippen molar-refractivity contribution in [3.63, 3.8) is 0 Å². The minimum atomic E-state index is -0.485. The molecule has 110 valence electrons. The molecule has 0 aromatic heterocycles. The second-order valence-corrected chi connectivity index (χ2v) is 4.62. The SMILES string of the molecule is C=CCNC(C(=O)OCC)c1ccc(OC(C)C)cc1. The highest BCUT2D eigenvalue weighted by Gasteiger charge is 2.20. The number of rotatable bonds is 8. The zero-order valence-corrected chi connectivity index (χ0v) is 12.4. The molecule has 0 saturated carbocycles. The Morgan fingerprint density at radius 3 is 2.50 bits per heavy atom. The molecule has 0 aliphatic heterocycles. The van der Waals surface area contributed by atoms with Crippen LogP contribution >= 0.6 is 0 Å². The Bertz CT molecular complexity index is 426. The van der Waals surface area contributed by atoms with Gasteiger partial charge in [0.2, 0.25) is 0 Å². The molecule has 0 aliphatic rings. The second-order valence-electron chi connectivity index (χ2n) is 4.62. The van der Waals surface area contributed by atoms with Gasteiger partial charge in [-0.05, 0) is 38.5 Å². The molecule has 0 amide bonds. The fourth-order valence-electron chi connectivity index (χ4n) is 1.78. The van der Waals surface area contributed by atoms with Gasteiger partial charge in [0.25, 0.3) is 0 Å². The van der Waals surface area contributed by atoms with E-state index >= 15 is 0 Å². The van der Waals surface area contributed by atoms with Gasteiger partial charge in [0.15, 0.2) is 0 Å². The van der Waals surface area contributed by atoms with Gasteiger partial charge in [0, 0.05) is 6.54 Å². The van der Waals surface area contributed by atoms with Crippen molar-refractivity contribution in [1.29, 1.82) is 0 Å². The highest BCUT2D eigenvalue weighted by molar-refractivity contribution is 5.77. The molecule has 1 atom stereocenters. The first-order chi connectivity index (χ1) is 9.58. The molecular formula is C16H23NO3. The molecule has 20 heavy (non-hydrogen) atoms. The van der Waals surface area contributed by atoms with Crippen LogP contribution in [0.4, 0.5) is 0 Å². The van der Waals surface area contributed by atoms with Gasteiger partial charge < -0.3 is 9.47 Å². The zero-order valence-electron chi connectivity index (χ0n) is 12.4. The predicted molar refractivity (Wildman–Crippen MR) is 79.8 cm³/mol. The van der Waals surface area contributed by atoms with Crippen LogP contribution in [0.1, 0.15) is 32.4 Å². The van der Waals surface area contributed by atoms with Crippen molar-refractivity contribution in [3.05, 3.63) is 42.5 Å². The molecule has 0 spiro atoms. The summed E-state index contributed by atoms with van der Waals surface area (Å²) in [7, 11) is 0. The van der Waals surface area contributed by atoms with Gasteiger partial charge in [0.1, 0.15) is 11.8 Å². The van der Waals surface area contributed by atoms with Crippen molar-refractivity contribution in [2.75, 3.05) is 13.2 Å². The van der Waals surface area contributed by atoms with Crippen molar-refractivity contribution in [2.45, 2.75) is 32.9 Å². The number of carbonyl (C=O) groups is 1. The van der Waals surface area contributed by atoms with E-state index in [0.717, 1.165) is 11.3 Å². The van der Waals surface area contributed by atoms with Gasteiger partial charge in [0.05, 0.1) is 12.7 Å². The Morgan fingerprint density at radius 1 is 1.35 bits per heavy atom. The summed E-state index contributed by atoms with van der Waals surface area (Å²) in [6.07, 6.45) is 1.84. The maximum atomic E-state index is 12.0. The molecule has 1 aromatic carbocycles. The third-order valence-corrected chi connectivity index (χ3v) is 2.57. The van der Waals surface area contributed by atoms with Crippen LogP contribution in [0.15, 0.2) is 36.9 Å². The fraction of sp³-hybridized carbons (Fsp3) is 0.438. The first kappa shape index (κ1) is 16.2. The number of hydrogen-bond donors (Lipinski definition) is 1. The molecule has 0 saturated heterocycles. The lowest BCUT2D eigenvalue weighted by atomic mass is 10.1. The quantitative estimate of drug-likeness (QED) is 0.586. The van der Waals surface area contributed by atoms with E-state index in [9.17, 15) is 4.79 Å². The first-order valence-electron chi connectivity index (χ1n) is 6.86. The summed E-state index contributed by atoms with van der Waals surface area (Å²) in [5.74, 6) is 0.502. The van der Waals surface area contributed by atoms with Gasteiger partial charge in [-0.15, -0.1) is 6.58 Å². The summed E-state index contributed by atoms with van der Waals surface area (Å²) in [6.45, 7) is 10.3. The van der Waals surface area contributed by atoms with Gasteiger partial charge in [-0.3, -0.25) is 5.32 Å². The maximum Gasteiger partial charge on any atom is 0.327 e. The number of hydrogen-bond acceptors (Lipinski definition) is 4. The molecule has 1 N–H and O–H groups in total. The number of benzene rings is 1. The van der Waals surface area contributed by atoms with E-state index in [1.54, 1.807) is 13.0 Å². The molecule has 0 bridgehead atoms. The number of esters is 1. The summed E-state index contributed by atoms with van der Waals surface area (Å²) < 4.78 is 10.7. The Balaban J connectivity index is 2.84. The Kier molecular flexibility index (Phi) is 6.81. The topological polar surface area (TPSA) is 47.6 Å². The highest BCUT2D eigenvalue weighted by Crippen LogP contribution is 2.20. The summed E-state index contributed by atoms with van der Waals surface area (Å²) in [6, 6.07) is 6.97. The lowest BCUT2D eigenvalue weighted by Crippen LogP contribution is -2.30. The van der Waals surface area contributed by atoms with Crippen molar-refractivity contribution in [2.24, 2.45) is 0 Å². The normalized spacial score (nSPS) is 12.0. The van der Waals surface area contributed by atoms with Gasteiger partial charge >= 0.3 is 5.97 Å². The molecule has 0 fully saturated rings. The monoisotopic (exact) mass is 277 g/mol. The van der Waals surface area contributed by atoms with Crippen LogP contribution in [0.3, 0.4) is 0 Å². The molecule has 0 heterocycles. The Morgan fingerprint density at radius 2 is 2.00 bits per heavy atom. The molecule has 1 rings (SSSR count). The van der Waals surface area contributed by atoms with Gasteiger partial charge in [-0.25, -0.2) is 4.79 Å². The zero-order chi connectivity index (χ0) is 15.0. The van der Waals surface area contributed by atoms with E-state index in [2.05, 4.69) is 11.9 Å². The third-order valence-electron chi connectivity index (χ3n) is 2.57. The summed E-state index contributed by atoms with van der Waals surface area (Å²) in [5, 5.41) is 3.10. The molecule has 4 heteroatoms. The number of nitrogens with one attached hydrogen (secondary N) is 1. The van der Waals surface area contributed by atoms with Crippen molar-refractivity contribution in [1.82, 2.24) is 5.32 Å². The first-order valence-corrected chi connectivity index (χ1v) is 6.86. The maximum absolute atomic E-state index is 12.0. The lowest BCUT2D eigenvalue weighted by Gasteiger charge is -2.17. The molecule has 4 nitrogen and oxygen atoms in total. The van der Waals surface area contributed by atoms with Crippen LogP contribution in [0.5, 0.6) is 5.75 Å². The number of ether oxygens (including phenoxy) is 2. The minimum absolute atomic E-state index is 0.126. The Labute approximate surface area is 120 Å². The van der Waals surface area contributed by atoms with Crippen molar-refractivity contribution < 1.29 is 14.3 Å². The predicted octanol–water partition coefficient (Wildman–Crippen LogP) is 2.85. The molecule has 0 aliphatic carbocycles. The van der Waals surface area contributed by atoms with Crippen LogP contribution in [-0.2, 0) is 9.53 Å². The molecular weight excluding hydrogens is 254 g/mol. The van der Waals surface area contributed by atoms with E-state index in [0.29, 0.717) is 13.2 Å². The second kappa shape index (κ2) is 8.38. The van der Waals surface area contributed by atoms with Crippen LogP contribution < -0.4 is 10.1 Å². The summed E-state index contributed by atoms with van der Waals surface area (Å²) in [4.78, 5) is 12.0. The minimum Gasteiger partial charge on any atom is -0.491 e. The standard InChI is InChI=1S/C16H23NO3/c1-5-11-17-15(16(18)19-6-2)13-7-9-14(10-8-13)20-12(3)4/h5,7-10,12,15,17H,1,6,11H2,2-4H3. The lowest BCUT2D eigenvalue weighted by molar-refractivity contribution is -0.145. The number of carbonyl (C=O) groups excluding carboxylic acids is 1. The van der Waals surface area contributed by atoms with Crippen LogP contribution in [0.2, 0.25) is 0 Å². The van der Waals surface area contributed by atoms with Crippen LogP contribution in [-0.4, -0.2) is 25.2 Å². The van der Waals surface area contributed by atoms with Crippen LogP contribution in [0.25, 0.3) is 0 Å². The third kappa shape index (κ3) is 5.05.